The Morgan fingerprint density at radius 2 is 1.91 bits per heavy atom. The van der Waals surface area contributed by atoms with Gasteiger partial charge in [0.2, 0.25) is 0 Å². The van der Waals surface area contributed by atoms with Crippen LogP contribution >= 0.6 is 11.3 Å². The van der Waals surface area contributed by atoms with Crippen molar-refractivity contribution in [1.29, 1.82) is 0 Å². The monoisotopic (exact) mass is 484 g/mol. The first kappa shape index (κ1) is 23.5. The number of hydrogen-bond donors (Lipinski definition) is 0. The third-order valence-corrected chi connectivity index (χ3v) is 8.44. The summed E-state index contributed by atoms with van der Waals surface area (Å²) < 4.78 is 33.6. The molecule has 1 amide bonds. The van der Waals surface area contributed by atoms with Gasteiger partial charge >= 0.3 is 0 Å². The van der Waals surface area contributed by atoms with E-state index in [-0.39, 0.29) is 16.9 Å². The Morgan fingerprint density at radius 1 is 1.12 bits per heavy atom. The van der Waals surface area contributed by atoms with Gasteiger partial charge in [-0.3, -0.25) is 9.10 Å². The van der Waals surface area contributed by atoms with Gasteiger partial charge in [0, 0.05) is 30.6 Å². The average Bonchev–Trinajstić information content (AvgIpc) is 3.53. The van der Waals surface area contributed by atoms with E-state index in [0.717, 1.165) is 23.3 Å². The van der Waals surface area contributed by atoms with Crippen LogP contribution in [0.4, 0.5) is 5.69 Å². The number of aryl methyl sites for hydroxylation is 1. The van der Waals surface area contributed by atoms with Gasteiger partial charge in [-0.05, 0) is 61.5 Å². The summed E-state index contributed by atoms with van der Waals surface area (Å²) in [6.45, 7) is 3.62. The number of anilines is 1. The molecule has 2 aromatic carbocycles. The molecule has 1 unspecified atom stereocenters. The average molecular weight is 485 g/mol. The molecule has 1 aliphatic heterocycles. The zero-order valence-electron chi connectivity index (χ0n) is 18.8. The standard InChI is InChI=1S/C25H28N2O4S2/c1-19-10-12-21(13-11-19)26(2)33(29,30)24-9-3-6-20(16-24)25(28)27(17-22-7-4-14-31-22)18-23-8-5-15-32-23/h3,5-6,8-13,15-16,22H,4,7,14,17-18H2,1-2H3. The fraction of sp³-hybridized carbons (Fsp3) is 0.320. The lowest BCUT2D eigenvalue weighted by molar-refractivity contribution is 0.0509. The molecule has 0 spiro atoms. The zero-order chi connectivity index (χ0) is 23.4. The van der Waals surface area contributed by atoms with Gasteiger partial charge in [0.1, 0.15) is 0 Å². The molecule has 3 aromatic rings. The molecular formula is C25H28N2O4S2. The highest BCUT2D eigenvalue weighted by Crippen LogP contribution is 2.24. The molecule has 33 heavy (non-hydrogen) atoms. The largest absolute Gasteiger partial charge is 0.376 e. The third kappa shape index (κ3) is 5.46. The first-order valence-electron chi connectivity index (χ1n) is 10.9. The maximum Gasteiger partial charge on any atom is 0.264 e. The first-order valence-corrected chi connectivity index (χ1v) is 13.3. The third-order valence-electron chi connectivity index (χ3n) is 5.80. The fourth-order valence-electron chi connectivity index (χ4n) is 3.87. The smallest absolute Gasteiger partial charge is 0.264 e. The topological polar surface area (TPSA) is 66.9 Å². The van der Waals surface area contributed by atoms with Crippen molar-refractivity contribution in [2.45, 2.75) is 37.3 Å². The summed E-state index contributed by atoms with van der Waals surface area (Å²) in [6.07, 6.45) is 1.92. The Kier molecular flexibility index (Phi) is 7.17. The molecule has 1 aromatic heterocycles. The number of thiophene rings is 1. The first-order chi connectivity index (χ1) is 15.8. The van der Waals surface area contributed by atoms with E-state index in [1.807, 2.05) is 36.6 Å². The lowest BCUT2D eigenvalue weighted by Crippen LogP contribution is -2.37. The minimum absolute atomic E-state index is 0.00787. The van der Waals surface area contributed by atoms with Crippen LogP contribution in [0.5, 0.6) is 0 Å². The quantitative estimate of drug-likeness (QED) is 0.465. The van der Waals surface area contributed by atoms with Gasteiger partial charge in [-0.2, -0.15) is 0 Å². The number of amides is 1. The van der Waals surface area contributed by atoms with E-state index in [1.54, 1.807) is 40.5 Å². The van der Waals surface area contributed by atoms with Gasteiger partial charge in [0.05, 0.1) is 23.2 Å². The molecule has 1 saturated heterocycles. The second kappa shape index (κ2) is 10.1. The number of benzene rings is 2. The van der Waals surface area contributed by atoms with Crippen molar-refractivity contribution < 1.29 is 17.9 Å². The molecule has 0 radical (unpaired) electrons. The van der Waals surface area contributed by atoms with E-state index >= 15 is 0 Å². The molecule has 0 N–H and O–H groups in total. The van der Waals surface area contributed by atoms with Crippen molar-refractivity contribution >= 4 is 33.0 Å². The SMILES string of the molecule is Cc1ccc(N(C)S(=O)(=O)c2cccc(C(=O)N(Cc3cccs3)CC3CCCO3)c2)cc1. The van der Waals surface area contributed by atoms with Crippen molar-refractivity contribution in [1.82, 2.24) is 4.90 Å². The van der Waals surface area contributed by atoms with Gasteiger partial charge in [-0.1, -0.05) is 29.8 Å². The summed E-state index contributed by atoms with van der Waals surface area (Å²) in [5, 5.41) is 1.98. The Morgan fingerprint density at radius 3 is 2.58 bits per heavy atom. The van der Waals surface area contributed by atoms with Crippen molar-refractivity contribution in [2.75, 3.05) is 24.5 Å². The summed E-state index contributed by atoms with van der Waals surface area (Å²) in [4.78, 5) is 16.4. The molecule has 0 bridgehead atoms. The molecule has 0 aliphatic carbocycles. The number of nitrogens with zero attached hydrogens (tertiary/aromatic N) is 2. The highest BCUT2D eigenvalue weighted by Gasteiger charge is 2.26. The number of hydrogen-bond acceptors (Lipinski definition) is 5. The van der Waals surface area contributed by atoms with Crippen LogP contribution in [0.3, 0.4) is 0 Å². The minimum Gasteiger partial charge on any atom is -0.376 e. The van der Waals surface area contributed by atoms with Gasteiger partial charge in [-0.25, -0.2) is 8.42 Å². The number of carbonyl (C=O) groups is 1. The molecule has 6 nitrogen and oxygen atoms in total. The minimum atomic E-state index is -3.82. The van der Waals surface area contributed by atoms with E-state index < -0.39 is 10.0 Å². The summed E-state index contributed by atoms with van der Waals surface area (Å²) in [5.74, 6) is -0.200. The zero-order valence-corrected chi connectivity index (χ0v) is 20.4. The molecular weight excluding hydrogens is 456 g/mol. The second-order valence-corrected chi connectivity index (χ2v) is 11.2. The maximum absolute atomic E-state index is 13.5. The van der Waals surface area contributed by atoms with Gasteiger partial charge in [-0.15, -0.1) is 11.3 Å². The molecule has 2 heterocycles. The van der Waals surface area contributed by atoms with E-state index in [1.165, 1.54) is 23.5 Å². The van der Waals surface area contributed by atoms with Crippen molar-refractivity contribution in [3.63, 3.8) is 0 Å². The summed E-state index contributed by atoms with van der Waals surface area (Å²) in [6, 6.07) is 17.5. The lowest BCUT2D eigenvalue weighted by atomic mass is 10.1. The maximum atomic E-state index is 13.5. The summed E-state index contributed by atoms with van der Waals surface area (Å²) >= 11 is 1.59. The molecule has 1 fully saturated rings. The predicted molar refractivity (Wildman–Crippen MR) is 131 cm³/mol. The highest BCUT2D eigenvalue weighted by atomic mass is 32.2. The van der Waals surface area contributed by atoms with Gasteiger partial charge < -0.3 is 9.64 Å². The van der Waals surface area contributed by atoms with Crippen LogP contribution in [0.15, 0.2) is 70.9 Å². The predicted octanol–water partition coefficient (Wildman–Crippen LogP) is 4.70. The van der Waals surface area contributed by atoms with Gasteiger partial charge in [0.25, 0.3) is 15.9 Å². The Hall–Kier alpha value is -2.68. The fourth-order valence-corrected chi connectivity index (χ4v) is 5.83. The normalized spacial score (nSPS) is 16.0. The van der Waals surface area contributed by atoms with E-state index in [9.17, 15) is 13.2 Å². The number of carbonyl (C=O) groups excluding carboxylic acids is 1. The number of ether oxygens (including phenoxy) is 1. The lowest BCUT2D eigenvalue weighted by Gasteiger charge is -2.25. The van der Waals surface area contributed by atoms with Crippen LogP contribution < -0.4 is 4.31 Å². The number of sulfonamides is 1. The molecule has 1 atom stereocenters. The Balaban J connectivity index is 1.59. The van der Waals surface area contributed by atoms with Crippen LogP contribution in [0.1, 0.15) is 33.6 Å². The molecule has 0 saturated carbocycles. The van der Waals surface area contributed by atoms with Crippen LogP contribution in [-0.4, -0.2) is 45.5 Å². The second-order valence-electron chi connectivity index (χ2n) is 8.24. The summed E-state index contributed by atoms with van der Waals surface area (Å²) in [5.41, 5.74) is 1.96. The Bertz CT molecular complexity index is 1190. The van der Waals surface area contributed by atoms with E-state index in [2.05, 4.69) is 0 Å². The molecule has 174 valence electrons. The van der Waals surface area contributed by atoms with Crippen LogP contribution in [0.2, 0.25) is 0 Å². The summed E-state index contributed by atoms with van der Waals surface area (Å²) in [7, 11) is -2.30. The Labute approximate surface area is 199 Å². The van der Waals surface area contributed by atoms with Crippen molar-refractivity contribution in [3.05, 3.63) is 82.0 Å². The van der Waals surface area contributed by atoms with Crippen LogP contribution in [-0.2, 0) is 21.3 Å². The van der Waals surface area contributed by atoms with Crippen LogP contribution in [0, 0.1) is 6.92 Å². The van der Waals surface area contributed by atoms with E-state index in [4.69, 9.17) is 4.74 Å². The van der Waals surface area contributed by atoms with E-state index in [0.29, 0.717) is 30.9 Å². The molecule has 1 aliphatic rings. The number of rotatable bonds is 8. The van der Waals surface area contributed by atoms with Gasteiger partial charge in [0.15, 0.2) is 0 Å². The van der Waals surface area contributed by atoms with Crippen molar-refractivity contribution in [3.8, 4) is 0 Å². The van der Waals surface area contributed by atoms with Crippen LogP contribution in [0.25, 0.3) is 0 Å². The molecule has 4 rings (SSSR count). The van der Waals surface area contributed by atoms with Crippen molar-refractivity contribution in [2.24, 2.45) is 0 Å². The molecule has 8 heteroatoms. The highest BCUT2D eigenvalue weighted by molar-refractivity contribution is 7.92.